The molecule has 1 aliphatic heterocycles. The van der Waals surface area contributed by atoms with E-state index < -0.39 is 16.1 Å². The summed E-state index contributed by atoms with van der Waals surface area (Å²) in [7, 11) is -2.18. The van der Waals surface area contributed by atoms with Gasteiger partial charge in [-0.15, -0.1) is 5.10 Å². The molecule has 1 aliphatic rings. The molecule has 118 valence electrons. The average molecular weight is 382 g/mol. The van der Waals surface area contributed by atoms with Gasteiger partial charge in [0.25, 0.3) is 10.0 Å². The second-order valence-electron chi connectivity index (χ2n) is 4.40. The summed E-state index contributed by atoms with van der Waals surface area (Å²) in [5.41, 5.74) is 0. The van der Waals surface area contributed by atoms with E-state index in [4.69, 9.17) is 4.74 Å². The van der Waals surface area contributed by atoms with Crippen LogP contribution in [-0.2, 0) is 21.8 Å². The summed E-state index contributed by atoms with van der Waals surface area (Å²) in [4.78, 5) is 13.1. The van der Waals surface area contributed by atoms with Crippen LogP contribution in [0.15, 0.2) is 9.63 Å². The number of amides is 1. The Bertz CT molecular complexity index is 604. The van der Waals surface area contributed by atoms with Crippen molar-refractivity contribution in [2.45, 2.75) is 11.9 Å². The fourth-order valence-electron chi connectivity index (χ4n) is 2.04. The van der Waals surface area contributed by atoms with Gasteiger partial charge in [0.05, 0.1) is 6.61 Å². The Balaban J connectivity index is 2.10. The number of hydrogen-bond donors (Lipinski definition) is 0. The summed E-state index contributed by atoms with van der Waals surface area (Å²) in [5.74, 6) is 0. The van der Waals surface area contributed by atoms with Gasteiger partial charge < -0.3 is 9.64 Å². The molecule has 0 unspecified atom stereocenters. The number of carbonyl (C=O) groups is 1. The van der Waals surface area contributed by atoms with Crippen LogP contribution in [0.4, 0.5) is 4.79 Å². The Morgan fingerprint density at radius 1 is 1.33 bits per heavy atom. The van der Waals surface area contributed by atoms with E-state index in [1.807, 2.05) is 0 Å². The van der Waals surface area contributed by atoms with Gasteiger partial charge in [-0.1, -0.05) is 5.21 Å². The molecule has 0 aromatic carbocycles. The third-order valence-electron chi connectivity index (χ3n) is 3.09. The van der Waals surface area contributed by atoms with E-state index in [1.165, 1.54) is 20.9 Å². The number of piperazine rings is 1. The Hall–Kier alpha value is -1.20. The van der Waals surface area contributed by atoms with Crippen LogP contribution in [0.3, 0.4) is 0 Å². The minimum absolute atomic E-state index is 0.00656. The van der Waals surface area contributed by atoms with E-state index in [2.05, 4.69) is 26.2 Å². The van der Waals surface area contributed by atoms with Gasteiger partial charge in [0.2, 0.25) is 5.03 Å². The molecule has 0 radical (unpaired) electrons. The molecule has 2 rings (SSSR count). The first-order valence-electron chi connectivity index (χ1n) is 6.35. The van der Waals surface area contributed by atoms with Gasteiger partial charge in [0.15, 0.2) is 4.60 Å². The zero-order valence-electron chi connectivity index (χ0n) is 11.7. The molecule has 1 amide bonds. The maximum absolute atomic E-state index is 12.6. The highest BCUT2D eigenvalue weighted by Crippen LogP contribution is 2.23. The van der Waals surface area contributed by atoms with E-state index in [1.54, 1.807) is 6.92 Å². The number of aryl methyl sites for hydroxylation is 1. The minimum atomic E-state index is -3.70. The van der Waals surface area contributed by atoms with Gasteiger partial charge in [0.1, 0.15) is 0 Å². The lowest BCUT2D eigenvalue weighted by Crippen LogP contribution is -2.50. The number of rotatable bonds is 3. The highest BCUT2D eigenvalue weighted by atomic mass is 79.9. The van der Waals surface area contributed by atoms with E-state index in [0.717, 1.165) is 0 Å². The number of ether oxygens (including phenoxy) is 1. The number of carbonyl (C=O) groups excluding carboxylic acids is 1. The van der Waals surface area contributed by atoms with Gasteiger partial charge in [-0.2, -0.15) is 4.31 Å². The van der Waals surface area contributed by atoms with E-state index in [9.17, 15) is 13.2 Å². The molecule has 21 heavy (non-hydrogen) atoms. The van der Waals surface area contributed by atoms with Gasteiger partial charge in [-0.05, 0) is 22.9 Å². The smallest absolute Gasteiger partial charge is 0.409 e. The first-order valence-corrected chi connectivity index (χ1v) is 8.58. The maximum atomic E-state index is 12.6. The monoisotopic (exact) mass is 381 g/mol. The van der Waals surface area contributed by atoms with Crippen LogP contribution in [0, 0.1) is 0 Å². The predicted octanol–water partition coefficient (Wildman–Crippen LogP) is 0.0404. The molecule has 0 N–H and O–H groups in total. The summed E-state index contributed by atoms with van der Waals surface area (Å²) in [6.45, 7) is 3.02. The summed E-state index contributed by atoms with van der Waals surface area (Å²) in [6, 6.07) is 0. The molecular formula is C10H16BrN5O4S. The fourth-order valence-corrected chi connectivity index (χ4v) is 4.50. The molecule has 1 aromatic rings. The van der Waals surface area contributed by atoms with Crippen LogP contribution in [0.2, 0.25) is 0 Å². The summed E-state index contributed by atoms with van der Waals surface area (Å²) < 4.78 is 32.7. The zero-order valence-corrected chi connectivity index (χ0v) is 14.1. The Kier molecular flexibility index (Phi) is 4.84. The topological polar surface area (TPSA) is 97.6 Å². The van der Waals surface area contributed by atoms with E-state index in [-0.39, 0.29) is 22.7 Å². The summed E-state index contributed by atoms with van der Waals surface area (Å²) in [6.07, 6.45) is -0.419. The molecule has 2 heterocycles. The van der Waals surface area contributed by atoms with E-state index in [0.29, 0.717) is 19.7 Å². The lowest BCUT2D eigenvalue weighted by atomic mass is 10.4. The van der Waals surface area contributed by atoms with Crippen molar-refractivity contribution >= 4 is 32.0 Å². The van der Waals surface area contributed by atoms with Gasteiger partial charge in [-0.25, -0.2) is 17.9 Å². The molecule has 0 atom stereocenters. The first kappa shape index (κ1) is 16.2. The summed E-state index contributed by atoms with van der Waals surface area (Å²) >= 11 is 3.09. The van der Waals surface area contributed by atoms with Crippen molar-refractivity contribution in [2.24, 2.45) is 7.05 Å². The Morgan fingerprint density at radius 3 is 2.43 bits per heavy atom. The SMILES string of the molecule is CCOC(=O)N1CCN(S(=O)(=O)c2c(Br)nnn2C)CC1. The molecule has 9 nitrogen and oxygen atoms in total. The third kappa shape index (κ3) is 3.19. The van der Waals surface area contributed by atoms with Gasteiger partial charge in [-0.3, -0.25) is 0 Å². The first-order chi connectivity index (χ1) is 9.87. The zero-order chi connectivity index (χ0) is 15.6. The second-order valence-corrected chi connectivity index (χ2v) is 7.00. The van der Waals surface area contributed by atoms with Crippen molar-refractivity contribution in [3.63, 3.8) is 0 Å². The molecule has 1 fully saturated rings. The number of nitrogens with zero attached hydrogens (tertiary/aromatic N) is 5. The second kappa shape index (κ2) is 6.28. The highest BCUT2D eigenvalue weighted by Gasteiger charge is 2.34. The highest BCUT2D eigenvalue weighted by molar-refractivity contribution is 9.10. The quantitative estimate of drug-likeness (QED) is 0.732. The molecule has 0 saturated carbocycles. The molecule has 0 spiro atoms. The predicted molar refractivity (Wildman–Crippen MR) is 76.1 cm³/mol. The molecular weight excluding hydrogens is 366 g/mol. The molecule has 1 aromatic heterocycles. The van der Waals surface area contributed by atoms with Crippen molar-refractivity contribution in [3.8, 4) is 0 Å². The molecule has 0 aliphatic carbocycles. The molecule has 1 saturated heterocycles. The Labute approximate surface area is 131 Å². The average Bonchev–Trinajstić information content (AvgIpc) is 2.79. The number of hydrogen-bond acceptors (Lipinski definition) is 6. The third-order valence-corrected chi connectivity index (χ3v) is 5.87. The van der Waals surface area contributed by atoms with Gasteiger partial charge >= 0.3 is 6.09 Å². The lowest BCUT2D eigenvalue weighted by molar-refractivity contribution is 0.0933. The standard InChI is InChI=1S/C10H16BrN5O4S/c1-3-20-10(17)15-4-6-16(7-5-15)21(18,19)9-8(11)12-13-14(9)2/h3-7H2,1-2H3. The lowest BCUT2D eigenvalue weighted by Gasteiger charge is -2.33. The van der Waals surface area contributed by atoms with Crippen LogP contribution >= 0.6 is 15.9 Å². The Morgan fingerprint density at radius 2 is 1.95 bits per heavy atom. The normalized spacial score (nSPS) is 17.0. The largest absolute Gasteiger partial charge is 0.450 e. The number of sulfonamides is 1. The molecule has 0 bridgehead atoms. The van der Waals surface area contributed by atoms with Crippen LogP contribution < -0.4 is 0 Å². The fraction of sp³-hybridized carbons (Fsp3) is 0.700. The summed E-state index contributed by atoms with van der Waals surface area (Å²) in [5, 5.41) is 7.36. The number of halogens is 1. The minimum Gasteiger partial charge on any atom is -0.450 e. The van der Waals surface area contributed by atoms with Crippen molar-refractivity contribution in [3.05, 3.63) is 4.60 Å². The van der Waals surface area contributed by atoms with E-state index >= 15 is 0 Å². The van der Waals surface area contributed by atoms with Crippen molar-refractivity contribution in [1.82, 2.24) is 24.2 Å². The van der Waals surface area contributed by atoms with Crippen LogP contribution in [0.25, 0.3) is 0 Å². The van der Waals surface area contributed by atoms with Crippen molar-refractivity contribution in [1.29, 1.82) is 0 Å². The van der Waals surface area contributed by atoms with Crippen LogP contribution in [-0.4, -0.2) is 71.5 Å². The maximum Gasteiger partial charge on any atom is 0.409 e. The van der Waals surface area contributed by atoms with Crippen molar-refractivity contribution in [2.75, 3.05) is 32.8 Å². The van der Waals surface area contributed by atoms with Gasteiger partial charge in [0, 0.05) is 33.2 Å². The van der Waals surface area contributed by atoms with Crippen molar-refractivity contribution < 1.29 is 17.9 Å². The van der Waals surface area contributed by atoms with Crippen LogP contribution in [0.1, 0.15) is 6.92 Å². The number of aromatic nitrogens is 3. The van der Waals surface area contributed by atoms with Crippen LogP contribution in [0.5, 0.6) is 0 Å². The molecule has 11 heteroatoms.